The summed E-state index contributed by atoms with van der Waals surface area (Å²) in [5.41, 5.74) is 2.28. The molecule has 0 unspecified atom stereocenters. The average molecular weight is 341 g/mol. The van der Waals surface area contributed by atoms with Gasteiger partial charge in [0.05, 0.1) is 16.6 Å². The lowest BCUT2D eigenvalue weighted by molar-refractivity contribution is 0.414. The van der Waals surface area contributed by atoms with E-state index in [9.17, 15) is 0 Å². The smallest absolute Gasteiger partial charge is 0.118 e. The highest BCUT2D eigenvalue weighted by molar-refractivity contribution is 9.10. The summed E-state index contributed by atoms with van der Waals surface area (Å²) in [4.78, 5) is 0. The first-order chi connectivity index (χ1) is 9.20. The Morgan fingerprint density at radius 1 is 1.16 bits per heavy atom. The Morgan fingerprint density at radius 2 is 1.89 bits per heavy atom. The van der Waals surface area contributed by atoms with Gasteiger partial charge in [-0.1, -0.05) is 29.8 Å². The Hall–Kier alpha value is -1.19. The molecule has 0 spiro atoms. The molecule has 19 heavy (non-hydrogen) atoms. The minimum Gasteiger partial charge on any atom is -0.497 e. The van der Waals surface area contributed by atoms with Crippen LogP contribution in [0.25, 0.3) is 0 Å². The van der Waals surface area contributed by atoms with Crippen molar-refractivity contribution in [2.75, 3.05) is 19.0 Å². The van der Waals surface area contributed by atoms with Gasteiger partial charge in [-0.25, -0.2) is 0 Å². The minimum absolute atomic E-state index is 0.717. The van der Waals surface area contributed by atoms with E-state index in [4.69, 9.17) is 16.3 Å². The summed E-state index contributed by atoms with van der Waals surface area (Å²) >= 11 is 9.52. The normalized spacial score (nSPS) is 10.3. The molecular formula is C15H15BrClNO. The monoisotopic (exact) mass is 339 g/mol. The summed E-state index contributed by atoms with van der Waals surface area (Å²) in [5.74, 6) is 0.884. The van der Waals surface area contributed by atoms with Crippen molar-refractivity contribution < 1.29 is 4.74 Å². The van der Waals surface area contributed by atoms with Crippen LogP contribution in [0, 0.1) is 0 Å². The van der Waals surface area contributed by atoms with E-state index >= 15 is 0 Å². The van der Waals surface area contributed by atoms with Crippen LogP contribution < -0.4 is 10.1 Å². The van der Waals surface area contributed by atoms with E-state index < -0.39 is 0 Å². The van der Waals surface area contributed by atoms with Crippen LogP contribution in [-0.4, -0.2) is 13.7 Å². The van der Waals surface area contributed by atoms with Gasteiger partial charge in [-0.05, 0) is 52.2 Å². The Bertz CT molecular complexity index is 542. The Balaban J connectivity index is 1.90. The Morgan fingerprint density at radius 3 is 2.58 bits per heavy atom. The molecule has 0 bridgehead atoms. The zero-order chi connectivity index (χ0) is 13.7. The maximum Gasteiger partial charge on any atom is 0.118 e. The molecule has 100 valence electrons. The standard InChI is InChI=1S/C15H15BrClNO/c1-19-12-7-5-11(6-8-12)9-10-18-14-4-2-3-13(17)15(14)16/h2-8,18H,9-10H2,1H3. The molecule has 0 fully saturated rings. The number of nitrogens with one attached hydrogen (secondary N) is 1. The maximum atomic E-state index is 6.04. The van der Waals surface area contributed by atoms with Gasteiger partial charge in [0.2, 0.25) is 0 Å². The lowest BCUT2D eigenvalue weighted by Gasteiger charge is -2.09. The van der Waals surface area contributed by atoms with Crippen molar-refractivity contribution in [1.82, 2.24) is 0 Å². The molecule has 0 atom stereocenters. The zero-order valence-corrected chi connectivity index (χ0v) is 13.0. The summed E-state index contributed by atoms with van der Waals surface area (Å²) in [5, 5.41) is 4.09. The molecule has 2 aromatic carbocycles. The topological polar surface area (TPSA) is 21.3 Å². The van der Waals surface area contributed by atoms with Crippen LogP contribution in [0.1, 0.15) is 5.56 Å². The Labute approximate surface area is 126 Å². The third kappa shape index (κ3) is 3.88. The largest absolute Gasteiger partial charge is 0.497 e. The molecule has 1 N–H and O–H groups in total. The summed E-state index contributed by atoms with van der Waals surface area (Å²) in [7, 11) is 1.67. The van der Waals surface area contributed by atoms with Crippen LogP contribution in [0.15, 0.2) is 46.9 Å². The summed E-state index contributed by atoms with van der Waals surface area (Å²) in [6.45, 7) is 0.852. The third-order valence-electron chi connectivity index (χ3n) is 2.84. The zero-order valence-electron chi connectivity index (χ0n) is 10.6. The van der Waals surface area contributed by atoms with E-state index in [-0.39, 0.29) is 0 Å². The van der Waals surface area contributed by atoms with Crippen molar-refractivity contribution in [3.63, 3.8) is 0 Å². The number of hydrogen-bond donors (Lipinski definition) is 1. The number of anilines is 1. The second-order valence-corrected chi connectivity index (χ2v) is 5.33. The number of ether oxygens (including phenoxy) is 1. The van der Waals surface area contributed by atoms with Crippen LogP contribution in [0.3, 0.4) is 0 Å². The summed E-state index contributed by atoms with van der Waals surface area (Å²) in [6, 6.07) is 13.9. The summed E-state index contributed by atoms with van der Waals surface area (Å²) in [6.07, 6.45) is 0.947. The van der Waals surface area contributed by atoms with E-state index in [2.05, 4.69) is 33.4 Å². The Kier molecular flexibility index (Phi) is 5.11. The number of methoxy groups -OCH3 is 1. The quantitative estimate of drug-likeness (QED) is 0.847. The number of rotatable bonds is 5. The number of halogens is 2. The number of benzene rings is 2. The molecule has 4 heteroatoms. The number of hydrogen-bond acceptors (Lipinski definition) is 2. The molecule has 0 radical (unpaired) electrons. The van der Waals surface area contributed by atoms with Gasteiger partial charge in [0.15, 0.2) is 0 Å². The highest BCUT2D eigenvalue weighted by atomic mass is 79.9. The van der Waals surface area contributed by atoms with Crippen LogP contribution in [-0.2, 0) is 6.42 Å². The van der Waals surface area contributed by atoms with Crippen molar-refractivity contribution in [1.29, 1.82) is 0 Å². The molecular weight excluding hydrogens is 326 g/mol. The van der Waals surface area contributed by atoms with Gasteiger partial charge < -0.3 is 10.1 Å². The molecule has 2 nitrogen and oxygen atoms in total. The molecule has 0 saturated carbocycles. The van der Waals surface area contributed by atoms with E-state index in [1.165, 1.54) is 5.56 Å². The van der Waals surface area contributed by atoms with E-state index in [1.807, 2.05) is 30.3 Å². The fourth-order valence-electron chi connectivity index (χ4n) is 1.77. The first-order valence-corrected chi connectivity index (χ1v) is 7.18. The van der Waals surface area contributed by atoms with E-state index in [1.54, 1.807) is 7.11 Å². The first-order valence-electron chi connectivity index (χ1n) is 6.01. The van der Waals surface area contributed by atoms with Gasteiger partial charge in [0.25, 0.3) is 0 Å². The highest BCUT2D eigenvalue weighted by Gasteiger charge is 2.02. The average Bonchev–Trinajstić information content (AvgIpc) is 2.44. The molecule has 0 aliphatic heterocycles. The predicted molar refractivity (Wildman–Crippen MR) is 84.3 cm³/mol. The van der Waals surface area contributed by atoms with Gasteiger partial charge >= 0.3 is 0 Å². The minimum atomic E-state index is 0.717. The molecule has 0 aliphatic rings. The van der Waals surface area contributed by atoms with Crippen LogP contribution in [0.4, 0.5) is 5.69 Å². The van der Waals surface area contributed by atoms with Crippen LogP contribution in [0.2, 0.25) is 5.02 Å². The molecule has 0 amide bonds. The van der Waals surface area contributed by atoms with Crippen molar-refractivity contribution in [3.8, 4) is 5.75 Å². The molecule has 0 aliphatic carbocycles. The SMILES string of the molecule is COc1ccc(CCNc2cccc(Cl)c2Br)cc1. The fraction of sp³-hybridized carbons (Fsp3) is 0.200. The van der Waals surface area contributed by atoms with E-state index in [0.29, 0.717) is 0 Å². The lowest BCUT2D eigenvalue weighted by Crippen LogP contribution is -2.05. The maximum absolute atomic E-state index is 6.04. The second kappa shape index (κ2) is 6.83. The summed E-state index contributed by atoms with van der Waals surface area (Å²) < 4.78 is 6.04. The van der Waals surface area contributed by atoms with Crippen molar-refractivity contribution in [2.45, 2.75) is 6.42 Å². The first kappa shape index (κ1) is 14.2. The van der Waals surface area contributed by atoms with Crippen LogP contribution >= 0.6 is 27.5 Å². The lowest BCUT2D eigenvalue weighted by atomic mass is 10.1. The van der Waals surface area contributed by atoms with Gasteiger partial charge in [-0.15, -0.1) is 0 Å². The third-order valence-corrected chi connectivity index (χ3v) is 4.24. The van der Waals surface area contributed by atoms with Crippen molar-refractivity contribution >= 4 is 33.2 Å². The highest BCUT2D eigenvalue weighted by Crippen LogP contribution is 2.29. The van der Waals surface area contributed by atoms with Crippen LogP contribution in [0.5, 0.6) is 5.75 Å². The van der Waals surface area contributed by atoms with E-state index in [0.717, 1.165) is 33.9 Å². The molecule has 0 aromatic heterocycles. The molecule has 0 saturated heterocycles. The molecule has 2 aromatic rings. The van der Waals surface area contributed by atoms with Gasteiger partial charge in [-0.2, -0.15) is 0 Å². The van der Waals surface area contributed by atoms with Crippen molar-refractivity contribution in [2.24, 2.45) is 0 Å². The molecule has 2 rings (SSSR count). The van der Waals surface area contributed by atoms with Gasteiger partial charge in [-0.3, -0.25) is 0 Å². The fourth-order valence-corrected chi connectivity index (χ4v) is 2.35. The second-order valence-electron chi connectivity index (χ2n) is 4.13. The predicted octanol–water partition coefficient (Wildman–Crippen LogP) is 4.77. The van der Waals surface area contributed by atoms with Gasteiger partial charge in [0, 0.05) is 12.2 Å². The van der Waals surface area contributed by atoms with Gasteiger partial charge in [0.1, 0.15) is 5.75 Å². The van der Waals surface area contributed by atoms with Crippen molar-refractivity contribution in [3.05, 3.63) is 57.5 Å². The molecule has 0 heterocycles.